The van der Waals surface area contributed by atoms with Crippen molar-refractivity contribution in [3.63, 3.8) is 0 Å². The summed E-state index contributed by atoms with van der Waals surface area (Å²) in [4.78, 5) is 0. The molecule has 0 atom stereocenters. The number of hydrogen-bond donors (Lipinski definition) is 0. The third-order valence-electron chi connectivity index (χ3n) is 6.14. The highest BCUT2D eigenvalue weighted by Gasteiger charge is 2.24. The SMILES string of the molecule is CCC(C)(C)c1cc(Cl)c2ccc3cc(C(C)(C)C)cc4ccc1c2c34. The molecule has 0 amide bonds. The Bertz CT molecular complexity index is 1110. The predicted molar refractivity (Wildman–Crippen MR) is 117 cm³/mol. The van der Waals surface area contributed by atoms with Crippen LogP contribution in [0.2, 0.25) is 5.02 Å². The fourth-order valence-corrected chi connectivity index (χ4v) is 4.32. The molecule has 0 bridgehead atoms. The van der Waals surface area contributed by atoms with E-state index in [1.54, 1.807) is 0 Å². The lowest BCUT2D eigenvalue weighted by Crippen LogP contribution is -2.16. The van der Waals surface area contributed by atoms with Crippen LogP contribution in [0.15, 0.2) is 42.5 Å². The maximum atomic E-state index is 6.75. The lowest BCUT2D eigenvalue weighted by atomic mass is 9.77. The van der Waals surface area contributed by atoms with Gasteiger partial charge in [0.05, 0.1) is 0 Å². The van der Waals surface area contributed by atoms with Crippen LogP contribution in [0.1, 0.15) is 59.1 Å². The van der Waals surface area contributed by atoms with Crippen molar-refractivity contribution in [1.29, 1.82) is 0 Å². The fraction of sp³-hybridized carbons (Fsp3) is 0.360. The molecule has 0 heterocycles. The van der Waals surface area contributed by atoms with E-state index in [1.807, 2.05) is 0 Å². The smallest absolute Gasteiger partial charge is 0.0488 e. The molecule has 0 saturated heterocycles. The molecule has 0 aromatic heterocycles. The second-order valence-electron chi connectivity index (χ2n) is 9.29. The fourth-order valence-electron chi connectivity index (χ4n) is 4.06. The maximum Gasteiger partial charge on any atom is 0.0488 e. The van der Waals surface area contributed by atoms with Crippen LogP contribution in [-0.4, -0.2) is 0 Å². The Hall–Kier alpha value is -1.79. The third-order valence-corrected chi connectivity index (χ3v) is 6.46. The zero-order chi connectivity index (χ0) is 18.9. The summed E-state index contributed by atoms with van der Waals surface area (Å²) in [7, 11) is 0. The van der Waals surface area contributed by atoms with Crippen LogP contribution in [0.5, 0.6) is 0 Å². The molecule has 26 heavy (non-hydrogen) atoms. The van der Waals surface area contributed by atoms with Gasteiger partial charge >= 0.3 is 0 Å². The first kappa shape index (κ1) is 17.6. The predicted octanol–water partition coefficient (Wildman–Crippen LogP) is 8.22. The van der Waals surface area contributed by atoms with Crippen molar-refractivity contribution in [2.75, 3.05) is 0 Å². The van der Waals surface area contributed by atoms with Crippen LogP contribution in [0.3, 0.4) is 0 Å². The minimum Gasteiger partial charge on any atom is -0.0837 e. The van der Waals surface area contributed by atoms with Gasteiger partial charge < -0.3 is 0 Å². The topological polar surface area (TPSA) is 0 Å². The average Bonchev–Trinajstić information content (AvgIpc) is 2.59. The molecule has 0 radical (unpaired) electrons. The molecule has 0 unspecified atom stereocenters. The van der Waals surface area contributed by atoms with Gasteiger partial charge in [0, 0.05) is 10.4 Å². The molecule has 0 N–H and O–H groups in total. The summed E-state index contributed by atoms with van der Waals surface area (Å²) < 4.78 is 0. The molecule has 0 aliphatic rings. The van der Waals surface area contributed by atoms with Gasteiger partial charge in [-0.1, -0.05) is 89.5 Å². The van der Waals surface area contributed by atoms with Crippen molar-refractivity contribution in [2.24, 2.45) is 0 Å². The number of rotatable bonds is 2. The molecule has 134 valence electrons. The molecule has 0 nitrogen and oxygen atoms in total. The molecule has 0 spiro atoms. The highest BCUT2D eigenvalue weighted by atomic mass is 35.5. The zero-order valence-corrected chi connectivity index (χ0v) is 17.4. The van der Waals surface area contributed by atoms with Gasteiger partial charge in [0.15, 0.2) is 0 Å². The van der Waals surface area contributed by atoms with Crippen molar-refractivity contribution >= 4 is 43.9 Å². The molecule has 4 aromatic rings. The standard InChI is InChI=1S/C25H27Cl/c1-7-25(5,6)20-14-21(26)19-11-9-16-13-17(24(2,3)4)12-15-8-10-18(20)23(19)22(15)16/h8-14H,7H2,1-6H3. The van der Waals surface area contributed by atoms with Gasteiger partial charge in [0.1, 0.15) is 0 Å². The molecule has 4 rings (SSSR count). The van der Waals surface area contributed by atoms with Gasteiger partial charge in [-0.05, 0) is 61.4 Å². The first-order valence-corrected chi connectivity index (χ1v) is 9.93. The van der Waals surface area contributed by atoms with E-state index in [2.05, 4.69) is 84.0 Å². The zero-order valence-electron chi connectivity index (χ0n) is 16.6. The Labute approximate surface area is 161 Å². The van der Waals surface area contributed by atoms with E-state index in [9.17, 15) is 0 Å². The van der Waals surface area contributed by atoms with Gasteiger partial charge in [0.2, 0.25) is 0 Å². The summed E-state index contributed by atoms with van der Waals surface area (Å²) in [6.45, 7) is 13.7. The van der Waals surface area contributed by atoms with Crippen molar-refractivity contribution in [1.82, 2.24) is 0 Å². The van der Waals surface area contributed by atoms with Crippen LogP contribution in [0.25, 0.3) is 32.3 Å². The van der Waals surface area contributed by atoms with E-state index >= 15 is 0 Å². The van der Waals surface area contributed by atoms with Crippen LogP contribution in [-0.2, 0) is 10.8 Å². The summed E-state index contributed by atoms with van der Waals surface area (Å²) in [5.41, 5.74) is 2.97. The summed E-state index contributed by atoms with van der Waals surface area (Å²) in [5, 5.41) is 8.68. The van der Waals surface area contributed by atoms with Gasteiger partial charge in [-0.25, -0.2) is 0 Å². The van der Waals surface area contributed by atoms with E-state index in [0.29, 0.717) is 0 Å². The molecule has 0 fully saturated rings. The molecule has 0 saturated carbocycles. The first-order valence-electron chi connectivity index (χ1n) is 9.55. The minimum atomic E-state index is 0.0997. The molecule has 4 aromatic carbocycles. The normalized spacial score (nSPS) is 13.3. The Balaban J connectivity index is 2.21. The number of benzene rings is 4. The number of halogens is 1. The Morgan fingerprint density at radius 1 is 0.769 bits per heavy atom. The summed E-state index contributed by atoms with van der Waals surface area (Å²) in [6.07, 6.45) is 1.08. The molecule has 0 aliphatic carbocycles. The molecular weight excluding hydrogens is 336 g/mol. The van der Waals surface area contributed by atoms with Crippen LogP contribution < -0.4 is 0 Å². The van der Waals surface area contributed by atoms with Gasteiger partial charge in [-0.15, -0.1) is 0 Å². The lowest BCUT2D eigenvalue weighted by molar-refractivity contribution is 0.511. The molecule has 0 aliphatic heterocycles. The Morgan fingerprint density at radius 2 is 1.35 bits per heavy atom. The highest BCUT2D eigenvalue weighted by molar-refractivity contribution is 6.39. The van der Waals surface area contributed by atoms with E-state index in [4.69, 9.17) is 11.6 Å². The van der Waals surface area contributed by atoms with Crippen molar-refractivity contribution < 1.29 is 0 Å². The van der Waals surface area contributed by atoms with Crippen LogP contribution in [0, 0.1) is 0 Å². The monoisotopic (exact) mass is 362 g/mol. The highest BCUT2D eigenvalue weighted by Crippen LogP contribution is 2.44. The quantitative estimate of drug-likeness (QED) is 0.315. The van der Waals surface area contributed by atoms with Crippen molar-refractivity contribution in [3.05, 3.63) is 58.6 Å². The van der Waals surface area contributed by atoms with Gasteiger partial charge in [0.25, 0.3) is 0 Å². The van der Waals surface area contributed by atoms with Crippen molar-refractivity contribution in [2.45, 2.75) is 58.8 Å². The summed E-state index contributed by atoms with van der Waals surface area (Å²) in [5.74, 6) is 0. The van der Waals surface area contributed by atoms with Crippen molar-refractivity contribution in [3.8, 4) is 0 Å². The van der Waals surface area contributed by atoms with Gasteiger partial charge in [-0.2, -0.15) is 0 Å². The Kier molecular flexibility index (Phi) is 3.80. The van der Waals surface area contributed by atoms with E-state index < -0.39 is 0 Å². The first-order chi connectivity index (χ1) is 12.1. The molecular formula is C25H27Cl. The summed E-state index contributed by atoms with van der Waals surface area (Å²) >= 11 is 6.75. The van der Waals surface area contributed by atoms with E-state index in [-0.39, 0.29) is 10.8 Å². The average molecular weight is 363 g/mol. The third kappa shape index (κ3) is 2.50. The summed E-state index contributed by atoms with van der Waals surface area (Å²) in [6, 6.07) is 15.9. The minimum absolute atomic E-state index is 0.0997. The van der Waals surface area contributed by atoms with Crippen LogP contribution in [0.4, 0.5) is 0 Å². The maximum absolute atomic E-state index is 6.75. The lowest BCUT2D eigenvalue weighted by Gasteiger charge is -2.27. The Morgan fingerprint density at radius 3 is 1.88 bits per heavy atom. The second kappa shape index (κ2) is 5.60. The van der Waals surface area contributed by atoms with Crippen LogP contribution >= 0.6 is 11.6 Å². The number of hydrogen-bond acceptors (Lipinski definition) is 0. The van der Waals surface area contributed by atoms with E-state index in [1.165, 1.54) is 43.4 Å². The second-order valence-corrected chi connectivity index (χ2v) is 9.70. The van der Waals surface area contributed by atoms with E-state index in [0.717, 1.165) is 11.4 Å². The largest absolute Gasteiger partial charge is 0.0837 e. The molecule has 1 heteroatoms. The van der Waals surface area contributed by atoms with Gasteiger partial charge in [-0.3, -0.25) is 0 Å².